The van der Waals surface area contributed by atoms with Crippen LogP contribution in [0.2, 0.25) is 0 Å². The molecule has 0 aromatic heterocycles. The molecule has 1 aliphatic heterocycles. The van der Waals surface area contributed by atoms with E-state index in [-0.39, 0.29) is 17.4 Å². The molecule has 0 aliphatic carbocycles. The zero-order valence-corrected chi connectivity index (χ0v) is 19.5. The van der Waals surface area contributed by atoms with Crippen molar-refractivity contribution < 1.29 is 27.1 Å². The summed E-state index contributed by atoms with van der Waals surface area (Å²) in [7, 11) is -3.93. The number of esters is 1. The Morgan fingerprint density at radius 3 is 2.20 bits per heavy atom. The molecule has 3 unspecified atom stereocenters. The Labute approximate surface area is 202 Å². The average Bonchev–Trinajstić information content (AvgIpc) is 3.26. The third-order valence-electron chi connectivity index (χ3n) is 5.69. The minimum Gasteiger partial charge on any atom is -0.406 e. The molecule has 1 heterocycles. The van der Waals surface area contributed by atoms with Crippen LogP contribution in [0, 0.1) is 10.1 Å². The second-order valence-electron chi connectivity index (χ2n) is 7.99. The van der Waals surface area contributed by atoms with Gasteiger partial charge in [0, 0.05) is 17.4 Å². The first-order valence-electron chi connectivity index (χ1n) is 10.8. The smallest absolute Gasteiger partial charge is 0.338 e. The predicted octanol–water partition coefficient (Wildman–Crippen LogP) is 3.71. The van der Waals surface area contributed by atoms with Crippen LogP contribution in [0.5, 0.6) is 0 Å². The summed E-state index contributed by atoms with van der Waals surface area (Å²) in [6, 6.07) is 20.8. The maximum atomic E-state index is 12.7. The van der Waals surface area contributed by atoms with Crippen LogP contribution < -0.4 is 0 Å². The van der Waals surface area contributed by atoms with Crippen molar-refractivity contribution in [3.05, 3.63) is 112 Å². The molecule has 0 bridgehead atoms. The number of aliphatic imine (C=N–C) groups is 1. The predicted molar refractivity (Wildman–Crippen MR) is 127 cm³/mol. The largest absolute Gasteiger partial charge is 0.406 e. The average molecular weight is 495 g/mol. The minimum atomic E-state index is -3.93. The number of nitrogens with zero attached hydrogens (tertiary/aromatic N) is 2. The van der Waals surface area contributed by atoms with Gasteiger partial charge >= 0.3 is 5.97 Å². The molecule has 4 rings (SSSR count). The van der Waals surface area contributed by atoms with Gasteiger partial charge in [-0.1, -0.05) is 60.7 Å². The first-order valence-corrected chi connectivity index (χ1v) is 12.2. The topological polar surface area (TPSA) is 125 Å². The molecule has 0 fully saturated rings. The number of ether oxygens (including phenoxy) is 1. The third-order valence-corrected chi connectivity index (χ3v) is 6.96. The van der Waals surface area contributed by atoms with Gasteiger partial charge in [-0.05, 0) is 35.4 Å². The summed E-state index contributed by atoms with van der Waals surface area (Å²) in [5.74, 6) is -1.43. The molecule has 3 atom stereocenters. The number of carbonyl (C=O) groups is 1. The molecule has 0 N–H and O–H groups in total. The van der Waals surface area contributed by atoms with Crippen LogP contribution in [-0.2, 0) is 30.4 Å². The Morgan fingerprint density at radius 2 is 1.60 bits per heavy atom. The second-order valence-corrected chi connectivity index (χ2v) is 9.60. The Bertz CT molecular complexity index is 1340. The van der Waals surface area contributed by atoms with Gasteiger partial charge in [-0.3, -0.25) is 14.3 Å². The number of nitro groups is 1. The van der Waals surface area contributed by atoms with E-state index < -0.39 is 39.0 Å². The van der Waals surface area contributed by atoms with Crippen LogP contribution in [0.25, 0.3) is 0 Å². The van der Waals surface area contributed by atoms with E-state index in [0.717, 1.165) is 0 Å². The van der Waals surface area contributed by atoms with E-state index in [9.17, 15) is 23.3 Å². The van der Waals surface area contributed by atoms with Crippen LogP contribution >= 0.6 is 0 Å². The SMILES string of the molecule is CC(C(c1ccc(COS(=O)(=O)c2ccccc2)cc1)C1N=C(c2ccccc2)OC1=O)[N+](=O)[O-]. The molecule has 3 aromatic carbocycles. The highest BCUT2D eigenvalue weighted by Gasteiger charge is 2.44. The molecular formula is C25H22N2O7S. The van der Waals surface area contributed by atoms with E-state index >= 15 is 0 Å². The van der Waals surface area contributed by atoms with Crippen molar-refractivity contribution in [3.8, 4) is 0 Å². The molecule has 35 heavy (non-hydrogen) atoms. The first-order chi connectivity index (χ1) is 16.8. The first kappa shape index (κ1) is 24.2. The second kappa shape index (κ2) is 10.2. The van der Waals surface area contributed by atoms with Crippen molar-refractivity contribution >= 4 is 22.0 Å². The molecule has 0 saturated carbocycles. The molecular weight excluding hydrogens is 472 g/mol. The van der Waals surface area contributed by atoms with Crippen LogP contribution in [0.3, 0.4) is 0 Å². The summed E-state index contributed by atoms with van der Waals surface area (Å²) in [5.41, 5.74) is 1.65. The zero-order valence-electron chi connectivity index (χ0n) is 18.7. The van der Waals surface area contributed by atoms with Crippen molar-refractivity contribution in [3.63, 3.8) is 0 Å². The van der Waals surface area contributed by atoms with Gasteiger partial charge in [0.1, 0.15) is 0 Å². The fourth-order valence-electron chi connectivity index (χ4n) is 3.79. The van der Waals surface area contributed by atoms with E-state index in [2.05, 4.69) is 4.99 Å². The molecule has 1 aliphatic rings. The molecule has 0 spiro atoms. The number of cyclic esters (lactones) is 1. The quantitative estimate of drug-likeness (QED) is 0.192. The van der Waals surface area contributed by atoms with E-state index in [4.69, 9.17) is 8.92 Å². The normalized spacial score (nSPS) is 17.3. The maximum absolute atomic E-state index is 12.7. The van der Waals surface area contributed by atoms with Crippen molar-refractivity contribution in [1.82, 2.24) is 0 Å². The number of benzene rings is 3. The van der Waals surface area contributed by atoms with Gasteiger partial charge in [-0.2, -0.15) is 8.42 Å². The molecule has 9 nitrogen and oxygen atoms in total. The highest BCUT2D eigenvalue weighted by Crippen LogP contribution is 2.32. The van der Waals surface area contributed by atoms with Crippen molar-refractivity contribution in [2.24, 2.45) is 4.99 Å². The lowest BCUT2D eigenvalue weighted by Gasteiger charge is -2.21. The molecule has 0 saturated heterocycles. The molecule has 0 amide bonds. The van der Waals surface area contributed by atoms with Gasteiger partial charge in [0.15, 0.2) is 6.04 Å². The Balaban J connectivity index is 1.56. The summed E-state index contributed by atoms with van der Waals surface area (Å²) >= 11 is 0. The number of hydrogen-bond acceptors (Lipinski definition) is 8. The van der Waals surface area contributed by atoms with E-state index in [0.29, 0.717) is 16.7 Å². The van der Waals surface area contributed by atoms with Crippen LogP contribution in [0.1, 0.15) is 29.5 Å². The minimum absolute atomic E-state index is 0.0447. The van der Waals surface area contributed by atoms with Gasteiger partial charge in [0.25, 0.3) is 10.1 Å². The molecule has 0 radical (unpaired) electrons. The summed E-state index contributed by atoms with van der Waals surface area (Å²) in [6.45, 7) is 1.20. The van der Waals surface area contributed by atoms with Crippen LogP contribution in [0.4, 0.5) is 0 Å². The monoisotopic (exact) mass is 494 g/mol. The Hall–Kier alpha value is -3.89. The van der Waals surface area contributed by atoms with Gasteiger partial charge < -0.3 is 4.74 Å². The summed E-state index contributed by atoms with van der Waals surface area (Å²) in [5, 5.41) is 11.7. The fraction of sp³-hybridized carbons (Fsp3) is 0.200. The molecule has 3 aromatic rings. The van der Waals surface area contributed by atoms with Crippen molar-refractivity contribution in [1.29, 1.82) is 0 Å². The van der Waals surface area contributed by atoms with E-state index in [1.807, 2.05) is 6.07 Å². The van der Waals surface area contributed by atoms with Crippen molar-refractivity contribution in [2.75, 3.05) is 0 Å². The van der Waals surface area contributed by atoms with Gasteiger partial charge in [-0.15, -0.1) is 0 Å². The highest BCUT2D eigenvalue weighted by atomic mass is 32.2. The van der Waals surface area contributed by atoms with Crippen molar-refractivity contribution in [2.45, 2.75) is 36.4 Å². The van der Waals surface area contributed by atoms with Crippen LogP contribution in [0.15, 0.2) is 94.8 Å². The van der Waals surface area contributed by atoms with E-state index in [1.54, 1.807) is 66.7 Å². The summed E-state index contributed by atoms with van der Waals surface area (Å²) in [6.07, 6.45) is 0. The lowest BCUT2D eigenvalue weighted by Crippen LogP contribution is -2.35. The number of rotatable bonds is 9. The molecule has 10 heteroatoms. The Kier molecular flexibility index (Phi) is 7.04. The number of hydrogen-bond donors (Lipinski definition) is 0. The zero-order chi connectivity index (χ0) is 25.0. The molecule has 180 valence electrons. The third kappa shape index (κ3) is 5.44. The summed E-state index contributed by atoms with van der Waals surface area (Å²) in [4.78, 5) is 28.3. The lowest BCUT2D eigenvalue weighted by molar-refractivity contribution is -0.522. The van der Waals surface area contributed by atoms with E-state index in [1.165, 1.54) is 19.1 Å². The van der Waals surface area contributed by atoms with Gasteiger partial charge in [0.2, 0.25) is 11.9 Å². The standard InChI is InChI=1S/C25H22N2O7S/c1-17(27(29)30)22(23-25(28)34-24(26-23)20-8-4-2-5-9-20)19-14-12-18(13-15-19)16-33-35(31,32)21-10-6-3-7-11-21/h2-15,17,22-23H,16H2,1H3. The fourth-order valence-corrected chi connectivity index (χ4v) is 4.71. The summed E-state index contributed by atoms with van der Waals surface area (Å²) < 4.78 is 35.2. The van der Waals surface area contributed by atoms with Gasteiger partial charge in [-0.25, -0.2) is 9.79 Å². The van der Waals surface area contributed by atoms with Crippen LogP contribution in [-0.4, -0.2) is 37.3 Å². The maximum Gasteiger partial charge on any atom is 0.338 e. The van der Waals surface area contributed by atoms with Gasteiger partial charge in [0.05, 0.1) is 17.4 Å². The lowest BCUT2D eigenvalue weighted by atomic mass is 9.86. The Morgan fingerprint density at radius 1 is 1.00 bits per heavy atom. The highest BCUT2D eigenvalue weighted by molar-refractivity contribution is 7.86. The number of carbonyl (C=O) groups excluding carboxylic acids is 1.